The van der Waals surface area contributed by atoms with Crippen molar-refractivity contribution in [2.24, 2.45) is 15.4 Å². The minimum absolute atomic E-state index is 0.782. The summed E-state index contributed by atoms with van der Waals surface area (Å²) < 4.78 is 0. The van der Waals surface area contributed by atoms with Crippen LogP contribution in [0.2, 0.25) is 0 Å². The maximum absolute atomic E-state index is 4.48. The highest BCUT2D eigenvalue weighted by molar-refractivity contribution is 7.16. The SMILES string of the molecule is C=NN=N/C(=C(\C)c1sc(-c2ccccc2)cc1/C=C\C)c1ccc(-c2cccc3ccccc23)cc1. The molecule has 0 aliphatic carbocycles. The highest BCUT2D eigenvalue weighted by atomic mass is 32.1. The van der Waals surface area contributed by atoms with Gasteiger partial charge in [0.2, 0.25) is 0 Å². The van der Waals surface area contributed by atoms with Crippen molar-refractivity contribution in [2.75, 3.05) is 0 Å². The fourth-order valence-corrected chi connectivity index (χ4v) is 5.72. The van der Waals surface area contributed by atoms with Gasteiger partial charge in [-0.2, -0.15) is 0 Å². The molecule has 0 aliphatic rings. The molecule has 180 valence electrons. The summed E-state index contributed by atoms with van der Waals surface area (Å²) in [4.78, 5) is 2.38. The van der Waals surface area contributed by atoms with Gasteiger partial charge in [-0.1, -0.05) is 109 Å². The molecule has 4 aromatic carbocycles. The third-order valence-corrected chi connectivity index (χ3v) is 7.65. The Hall–Kier alpha value is -4.41. The van der Waals surface area contributed by atoms with Gasteiger partial charge in [0.05, 0.1) is 5.70 Å². The summed E-state index contributed by atoms with van der Waals surface area (Å²) in [5, 5.41) is 14.5. The third kappa shape index (κ3) is 5.11. The number of hydrogen-bond donors (Lipinski definition) is 0. The van der Waals surface area contributed by atoms with Crippen molar-refractivity contribution in [1.29, 1.82) is 0 Å². The van der Waals surface area contributed by atoms with Gasteiger partial charge in [-0.05, 0) is 63.7 Å². The monoisotopic (exact) mass is 497 g/mol. The minimum atomic E-state index is 0.782. The average molecular weight is 498 g/mol. The summed E-state index contributed by atoms with van der Waals surface area (Å²) in [5.74, 6) is 0. The number of thiophene rings is 1. The van der Waals surface area contributed by atoms with Gasteiger partial charge in [-0.3, -0.25) is 0 Å². The van der Waals surface area contributed by atoms with Gasteiger partial charge in [-0.25, -0.2) is 0 Å². The third-order valence-electron chi connectivity index (χ3n) is 6.33. The number of rotatable bonds is 7. The first-order valence-corrected chi connectivity index (χ1v) is 13.0. The van der Waals surface area contributed by atoms with Crippen LogP contribution in [-0.2, 0) is 0 Å². The number of allylic oxidation sites excluding steroid dienone is 2. The van der Waals surface area contributed by atoms with Gasteiger partial charge in [0.25, 0.3) is 0 Å². The van der Waals surface area contributed by atoms with E-state index < -0.39 is 0 Å². The van der Waals surface area contributed by atoms with E-state index in [0.717, 1.165) is 32.8 Å². The molecule has 0 N–H and O–H groups in total. The molecular formula is C33H27N3S. The summed E-state index contributed by atoms with van der Waals surface area (Å²) >= 11 is 1.76. The van der Waals surface area contributed by atoms with Crippen LogP contribution in [0, 0.1) is 0 Å². The lowest BCUT2D eigenvalue weighted by atomic mass is 9.96. The van der Waals surface area contributed by atoms with Crippen LogP contribution < -0.4 is 0 Å². The zero-order valence-corrected chi connectivity index (χ0v) is 21.7. The molecule has 1 heterocycles. The zero-order chi connectivity index (χ0) is 25.6. The van der Waals surface area contributed by atoms with E-state index in [0.29, 0.717) is 0 Å². The molecule has 0 radical (unpaired) electrons. The van der Waals surface area contributed by atoms with Gasteiger partial charge in [-0.15, -0.1) is 21.6 Å². The van der Waals surface area contributed by atoms with Crippen molar-refractivity contribution in [1.82, 2.24) is 0 Å². The van der Waals surface area contributed by atoms with Crippen molar-refractivity contribution in [3.8, 4) is 21.6 Å². The second kappa shape index (κ2) is 11.1. The molecule has 3 nitrogen and oxygen atoms in total. The Kier molecular flexibility index (Phi) is 7.29. The van der Waals surface area contributed by atoms with Gasteiger partial charge in [0.15, 0.2) is 0 Å². The van der Waals surface area contributed by atoms with E-state index in [4.69, 9.17) is 0 Å². The van der Waals surface area contributed by atoms with Gasteiger partial charge < -0.3 is 0 Å². The maximum atomic E-state index is 4.48. The molecule has 5 rings (SSSR count). The van der Waals surface area contributed by atoms with E-state index in [1.165, 1.54) is 26.8 Å². The van der Waals surface area contributed by atoms with Crippen LogP contribution in [0.1, 0.15) is 29.9 Å². The Morgan fingerprint density at radius 3 is 2.30 bits per heavy atom. The van der Waals surface area contributed by atoms with Crippen LogP contribution in [0.4, 0.5) is 0 Å². The molecule has 0 amide bonds. The van der Waals surface area contributed by atoms with E-state index in [9.17, 15) is 0 Å². The van der Waals surface area contributed by atoms with E-state index >= 15 is 0 Å². The van der Waals surface area contributed by atoms with Crippen LogP contribution in [0.25, 0.3) is 49.7 Å². The number of fused-ring (bicyclic) bond motifs is 1. The fourth-order valence-electron chi connectivity index (χ4n) is 4.56. The van der Waals surface area contributed by atoms with Crippen molar-refractivity contribution in [3.63, 3.8) is 0 Å². The summed E-state index contributed by atoms with van der Waals surface area (Å²) in [7, 11) is 0. The summed E-state index contributed by atoms with van der Waals surface area (Å²) in [5.41, 5.74) is 7.55. The Bertz CT molecular complexity index is 1630. The number of hydrogen-bond acceptors (Lipinski definition) is 3. The number of nitrogens with zero attached hydrogens (tertiary/aromatic N) is 3. The lowest BCUT2D eigenvalue weighted by molar-refractivity contribution is 1.08. The van der Waals surface area contributed by atoms with E-state index in [1.54, 1.807) is 11.3 Å². The van der Waals surface area contributed by atoms with Crippen molar-refractivity contribution in [2.45, 2.75) is 13.8 Å². The summed E-state index contributed by atoms with van der Waals surface area (Å²) in [6.45, 7) is 7.63. The fraction of sp³-hybridized carbons (Fsp3) is 0.0606. The average Bonchev–Trinajstić information content (AvgIpc) is 3.38. The molecule has 0 saturated heterocycles. The van der Waals surface area contributed by atoms with Crippen LogP contribution in [0.3, 0.4) is 0 Å². The first-order chi connectivity index (χ1) is 18.2. The number of benzene rings is 4. The standard InChI is InChI=1S/C33H27N3S/c1-4-11-28-22-31(26-13-6-5-7-14-26)37-33(28)23(2)32(35-36-34-3)27-20-18-25(19-21-27)30-17-10-15-24-12-8-9-16-29(24)30/h4-22H,3H2,1-2H3/b11-4-,32-23+,36-35?. The topological polar surface area (TPSA) is 37.1 Å². The quantitative estimate of drug-likeness (QED) is 0.122. The minimum Gasteiger partial charge on any atom is -0.147 e. The van der Waals surface area contributed by atoms with Crippen LogP contribution in [-0.4, -0.2) is 6.72 Å². The Morgan fingerprint density at radius 1 is 0.811 bits per heavy atom. The Morgan fingerprint density at radius 2 is 1.54 bits per heavy atom. The lowest BCUT2D eigenvalue weighted by Gasteiger charge is -2.10. The summed E-state index contributed by atoms with van der Waals surface area (Å²) in [6.07, 6.45) is 4.21. The van der Waals surface area contributed by atoms with E-state index in [-0.39, 0.29) is 0 Å². The second-order valence-corrected chi connectivity index (χ2v) is 9.72. The Balaban J connectivity index is 1.61. The predicted octanol–water partition coefficient (Wildman–Crippen LogP) is 10.2. The van der Waals surface area contributed by atoms with Gasteiger partial charge >= 0.3 is 0 Å². The molecule has 0 atom stereocenters. The predicted molar refractivity (Wildman–Crippen MR) is 161 cm³/mol. The molecule has 0 spiro atoms. The molecular weight excluding hydrogens is 470 g/mol. The summed E-state index contributed by atoms with van der Waals surface area (Å²) in [6, 6.07) is 36.1. The Labute approximate surface area is 221 Å². The molecule has 1 aromatic heterocycles. The molecule has 0 fully saturated rings. The van der Waals surface area contributed by atoms with Crippen molar-refractivity contribution in [3.05, 3.63) is 125 Å². The molecule has 0 unspecified atom stereocenters. The van der Waals surface area contributed by atoms with Crippen molar-refractivity contribution < 1.29 is 0 Å². The molecule has 37 heavy (non-hydrogen) atoms. The highest BCUT2D eigenvalue weighted by Gasteiger charge is 2.16. The van der Waals surface area contributed by atoms with Crippen LogP contribution in [0.15, 0.2) is 125 Å². The molecule has 0 aliphatic heterocycles. The lowest BCUT2D eigenvalue weighted by Crippen LogP contribution is -1.88. The molecule has 4 heteroatoms. The second-order valence-electron chi connectivity index (χ2n) is 8.67. The zero-order valence-electron chi connectivity index (χ0n) is 20.9. The van der Waals surface area contributed by atoms with E-state index in [1.807, 2.05) is 13.0 Å². The maximum Gasteiger partial charge on any atom is 0.0990 e. The first kappa shape index (κ1) is 24.3. The first-order valence-electron chi connectivity index (χ1n) is 12.2. The van der Waals surface area contributed by atoms with Crippen molar-refractivity contribution >= 4 is 46.2 Å². The smallest absolute Gasteiger partial charge is 0.0990 e. The van der Waals surface area contributed by atoms with Gasteiger partial charge in [0.1, 0.15) is 0 Å². The normalized spacial score (nSPS) is 12.4. The molecule has 0 bridgehead atoms. The largest absolute Gasteiger partial charge is 0.147 e. The highest BCUT2D eigenvalue weighted by Crippen LogP contribution is 2.40. The van der Waals surface area contributed by atoms with Crippen LogP contribution >= 0.6 is 11.3 Å². The van der Waals surface area contributed by atoms with E-state index in [2.05, 4.69) is 138 Å². The van der Waals surface area contributed by atoms with Gasteiger partial charge in [0, 0.05) is 22.0 Å². The molecule has 0 saturated carbocycles. The van der Waals surface area contributed by atoms with Crippen LogP contribution in [0.5, 0.6) is 0 Å². The molecule has 5 aromatic rings.